The molecule has 0 heterocycles. The number of benzene rings is 1. The first-order chi connectivity index (χ1) is 9.45. The van der Waals surface area contributed by atoms with Gasteiger partial charge in [-0.25, -0.2) is 10.2 Å². The Balaban J connectivity index is 2.67. The van der Waals surface area contributed by atoms with Crippen molar-refractivity contribution >= 4 is 41.3 Å². The molecule has 20 heavy (non-hydrogen) atoms. The molecule has 6 nitrogen and oxygen atoms in total. The fourth-order valence-corrected chi connectivity index (χ4v) is 1.29. The number of hydrazone groups is 1. The molecule has 8 heteroatoms. The van der Waals surface area contributed by atoms with Crippen LogP contribution in [0.2, 0.25) is 0 Å². The summed E-state index contributed by atoms with van der Waals surface area (Å²) >= 11 is 10.9. The summed E-state index contributed by atoms with van der Waals surface area (Å²) in [6.07, 6.45) is 0.930. The van der Waals surface area contributed by atoms with Gasteiger partial charge in [0.25, 0.3) is 5.91 Å². The molecular formula is C12H10Cl2N2O4. The number of hydrogen-bond donors (Lipinski definition) is 2. The molecule has 0 unspecified atom stereocenters. The molecule has 0 saturated heterocycles. The molecule has 1 amide bonds. The lowest BCUT2D eigenvalue weighted by atomic mass is 10.2. The van der Waals surface area contributed by atoms with Crippen molar-refractivity contribution in [2.75, 3.05) is 7.11 Å². The standard InChI is InChI=1S/C12H10Cl2N2O4/c1-20-8-4-2-7(3-5-8)11(17)16-15-6-9(13)10(14)12(18)19/h2-6H,1H3,(H,16,17)(H,18,19)/b10-9-,15-6?. The van der Waals surface area contributed by atoms with E-state index in [1.54, 1.807) is 24.3 Å². The largest absolute Gasteiger partial charge is 0.497 e. The van der Waals surface area contributed by atoms with Crippen LogP contribution < -0.4 is 10.2 Å². The second kappa shape index (κ2) is 7.52. The van der Waals surface area contributed by atoms with E-state index in [-0.39, 0.29) is 5.03 Å². The number of halogens is 2. The molecule has 0 saturated carbocycles. The molecular weight excluding hydrogens is 307 g/mol. The molecule has 0 aliphatic heterocycles. The van der Waals surface area contributed by atoms with Crippen molar-refractivity contribution in [3.63, 3.8) is 0 Å². The first-order valence-electron chi connectivity index (χ1n) is 5.21. The van der Waals surface area contributed by atoms with Gasteiger partial charge in [0.2, 0.25) is 0 Å². The second-order valence-electron chi connectivity index (χ2n) is 3.39. The Hall–Kier alpha value is -2.05. The average molecular weight is 317 g/mol. The zero-order chi connectivity index (χ0) is 15.1. The number of hydrogen-bond acceptors (Lipinski definition) is 4. The second-order valence-corrected chi connectivity index (χ2v) is 4.18. The number of aliphatic carboxylic acids is 1. The third-order valence-corrected chi connectivity index (χ3v) is 2.84. The predicted molar refractivity (Wildman–Crippen MR) is 75.3 cm³/mol. The number of carbonyl (C=O) groups is 2. The van der Waals surface area contributed by atoms with E-state index in [2.05, 4.69) is 10.5 Å². The van der Waals surface area contributed by atoms with Gasteiger partial charge in [0, 0.05) is 5.56 Å². The number of ether oxygens (including phenoxy) is 1. The zero-order valence-corrected chi connectivity index (χ0v) is 11.8. The number of methoxy groups -OCH3 is 1. The van der Waals surface area contributed by atoms with Crippen molar-refractivity contribution in [3.05, 3.63) is 39.9 Å². The van der Waals surface area contributed by atoms with Gasteiger partial charge < -0.3 is 9.84 Å². The van der Waals surface area contributed by atoms with E-state index in [1.165, 1.54) is 7.11 Å². The van der Waals surface area contributed by atoms with Crippen LogP contribution in [0.4, 0.5) is 0 Å². The minimum atomic E-state index is -1.38. The maximum atomic E-state index is 11.7. The number of nitrogens with zero attached hydrogens (tertiary/aromatic N) is 1. The van der Waals surface area contributed by atoms with E-state index in [0.29, 0.717) is 11.3 Å². The summed E-state index contributed by atoms with van der Waals surface area (Å²) in [5.74, 6) is -1.26. The number of allylic oxidation sites excluding steroid dienone is 1. The van der Waals surface area contributed by atoms with Crippen LogP contribution >= 0.6 is 23.2 Å². The summed E-state index contributed by atoms with van der Waals surface area (Å²) in [7, 11) is 1.51. The normalized spacial score (nSPS) is 11.9. The van der Waals surface area contributed by atoms with E-state index in [4.69, 9.17) is 33.0 Å². The van der Waals surface area contributed by atoms with Crippen LogP contribution in [-0.2, 0) is 4.79 Å². The maximum Gasteiger partial charge on any atom is 0.348 e. The monoisotopic (exact) mass is 316 g/mol. The minimum absolute atomic E-state index is 0.297. The molecule has 106 valence electrons. The van der Waals surface area contributed by atoms with Gasteiger partial charge in [0.05, 0.1) is 18.4 Å². The Morgan fingerprint density at radius 1 is 1.30 bits per heavy atom. The van der Waals surface area contributed by atoms with Gasteiger partial charge in [0.15, 0.2) is 0 Å². The molecule has 1 aromatic carbocycles. The van der Waals surface area contributed by atoms with Crippen LogP contribution in [0.25, 0.3) is 0 Å². The molecule has 0 radical (unpaired) electrons. The Morgan fingerprint density at radius 3 is 2.40 bits per heavy atom. The summed E-state index contributed by atoms with van der Waals surface area (Å²) in [6.45, 7) is 0. The average Bonchev–Trinajstić information content (AvgIpc) is 2.46. The number of rotatable bonds is 5. The predicted octanol–water partition coefficient (Wildman–Crippen LogP) is 2.18. The fourth-order valence-electron chi connectivity index (χ4n) is 1.11. The lowest BCUT2D eigenvalue weighted by Crippen LogP contribution is -2.17. The van der Waals surface area contributed by atoms with Gasteiger partial charge in [-0.05, 0) is 24.3 Å². The van der Waals surface area contributed by atoms with Gasteiger partial charge >= 0.3 is 5.97 Å². The number of carboxylic acid groups (broad SMARTS) is 1. The molecule has 1 aromatic rings. The number of carboxylic acids is 1. The third kappa shape index (κ3) is 4.56. The van der Waals surface area contributed by atoms with Gasteiger partial charge in [0.1, 0.15) is 10.8 Å². The smallest absolute Gasteiger partial charge is 0.348 e. The van der Waals surface area contributed by atoms with Crippen molar-refractivity contribution in [1.29, 1.82) is 0 Å². The van der Waals surface area contributed by atoms with Crippen LogP contribution in [0.1, 0.15) is 10.4 Å². The van der Waals surface area contributed by atoms with E-state index in [1.807, 2.05) is 0 Å². The van der Waals surface area contributed by atoms with E-state index in [0.717, 1.165) is 6.21 Å². The zero-order valence-electron chi connectivity index (χ0n) is 10.3. The molecule has 0 aliphatic rings. The Bertz CT molecular complexity index is 567. The first kappa shape index (κ1) is 16.0. The van der Waals surface area contributed by atoms with Gasteiger partial charge in [-0.1, -0.05) is 23.2 Å². The van der Waals surface area contributed by atoms with Crippen LogP contribution in [0.15, 0.2) is 39.4 Å². The Labute approximate surface area is 124 Å². The number of amides is 1. The number of nitrogens with one attached hydrogen (secondary N) is 1. The SMILES string of the molecule is COc1ccc(C(=O)NN=C/C(Cl)=C(/Cl)C(=O)O)cc1. The van der Waals surface area contributed by atoms with Crippen molar-refractivity contribution in [3.8, 4) is 5.75 Å². The van der Waals surface area contributed by atoms with E-state index < -0.39 is 16.9 Å². The van der Waals surface area contributed by atoms with Crippen molar-refractivity contribution in [1.82, 2.24) is 5.43 Å². The molecule has 0 aliphatic carbocycles. The van der Waals surface area contributed by atoms with Crippen LogP contribution in [0.3, 0.4) is 0 Å². The lowest BCUT2D eigenvalue weighted by Gasteiger charge is -2.02. The summed E-state index contributed by atoms with van der Waals surface area (Å²) in [5, 5.41) is 11.2. The molecule has 0 bridgehead atoms. The Kier molecular flexibility index (Phi) is 6.02. The summed E-state index contributed by atoms with van der Waals surface area (Å²) in [6, 6.07) is 6.33. The van der Waals surface area contributed by atoms with Crippen LogP contribution in [0, 0.1) is 0 Å². The summed E-state index contributed by atoms with van der Waals surface area (Å²) in [5.41, 5.74) is 2.53. The van der Waals surface area contributed by atoms with Crippen LogP contribution in [0.5, 0.6) is 5.75 Å². The molecule has 0 aromatic heterocycles. The van der Waals surface area contributed by atoms with Crippen LogP contribution in [-0.4, -0.2) is 30.3 Å². The topological polar surface area (TPSA) is 88.0 Å². The molecule has 2 N–H and O–H groups in total. The molecule has 0 spiro atoms. The quantitative estimate of drug-likeness (QED) is 0.495. The van der Waals surface area contributed by atoms with Crippen molar-refractivity contribution in [2.24, 2.45) is 5.10 Å². The van der Waals surface area contributed by atoms with E-state index in [9.17, 15) is 9.59 Å². The summed E-state index contributed by atoms with van der Waals surface area (Å²) < 4.78 is 4.96. The first-order valence-corrected chi connectivity index (χ1v) is 5.97. The molecule has 0 atom stereocenters. The highest BCUT2D eigenvalue weighted by atomic mass is 35.5. The fraction of sp³-hybridized carbons (Fsp3) is 0.0833. The number of carbonyl (C=O) groups excluding carboxylic acids is 1. The minimum Gasteiger partial charge on any atom is -0.497 e. The molecule has 1 rings (SSSR count). The third-order valence-electron chi connectivity index (χ3n) is 2.09. The van der Waals surface area contributed by atoms with E-state index >= 15 is 0 Å². The van der Waals surface area contributed by atoms with Gasteiger partial charge in [-0.2, -0.15) is 5.10 Å². The lowest BCUT2D eigenvalue weighted by molar-refractivity contribution is -0.131. The highest BCUT2D eigenvalue weighted by molar-refractivity contribution is 6.51. The summed E-state index contributed by atoms with van der Waals surface area (Å²) in [4.78, 5) is 22.1. The van der Waals surface area contributed by atoms with Crippen molar-refractivity contribution in [2.45, 2.75) is 0 Å². The van der Waals surface area contributed by atoms with Gasteiger partial charge in [-0.3, -0.25) is 4.79 Å². The van der Waals surface area contributed by atoms with Crippen molar-refractivity contribution < 1.29 is 19.4 Å². The molecule has 0 fully saturated rings. The Morgan fingerprint density at radius 2 is 1.90 bits per heavy atom. The highest BCUT2D eigenvalue weighted by Crippen LogP contribution is 2.12. The van der Waals surface area contributed by atoms with Gasteiger partial charge in [-0.15, -0.1) is 0 Å². The highest BCUT2D eigenvalue weighted by Gasteiger charge is 2.08. The maximum absolute atomic E-state index is 11.7.